The van der Waals surface area contributed by atoms with Crippen LogP contribution in [-0.2, 0) is 6.42 Å². The van der Waals surface area contributed by atoms with E-state index in [1.807, 2.05) is 29.2 Å². The molecule has 7 heteroatoms. The molecule has 6 nitrogen and oxygen atoms in total. The molecule has 1 unspecified atom stereocenters. The first-order valence-corrected chi connectivity index (χ1v) is 9.33. The molecule has 1 aromatic carbocycles. The highest BCUT2D eigenvalue weighted by Gasteiger charge is 2.32. The maximum Gasteiger partial charge on any atom is 0.257 e. The Morgan fingerprint density at radius 2 is 1.93 bits per heavy atom. The van der Waals surface area contributed by atoms with Crippen LogP contribution in [0.4, 0.5) is 0 Å². The standard InChI is InChI=1S/C20H19ClN4O2/c21-16-6-4-14(5-7-16)9-17-12-24-19(27-17)18-3-1-2-8-25(18)20(26)15-10-22-13-23-11-15/h4-7,10-13,18H,1-3,8-9H2. The van der Waals surface area contributed by atoms with E-state index in [4.69, 9.17) is 16.0 Å². The quantitative estimate of drug-likeness (QED) is 0.679. The second-order valence-corrected chi connectivity index (χ2v) is 7.04. The van der Waals surface area contributed by atoms with Gasteiger partial charge in [0.1, 0.15) is 18.1 Å². The molecule has 0 spiro atoms. The van der Waals surface area contributed by atoms with Gasteiger partial charge >= 0.3 is 0 Å². The maximum atomic E-state index is 12.9. The van der Waals surface area contributed by atoms with Crippen molar-refractivity contribution < 1.29 is 9.21 Å². The summed E-state index contributed by atoms with van der Waals surface area (Å²) in [6.45, 7) is 0.674. The monoisotopic (exact) mass is 382 g/mol. The highest BCUT2D eigenvalue weighted by Crippen LogP contribution is 2.32. The fourth-order valence-corrected chi connectivity index (χ4v) is 3.49. The van der Waals surface area contributed by atoms with Gasteiger partial charge in [0, 0.05) is 30.4 Å². The number of rotatable bonds is 4. The molecule has 1 aliphatic rings. The Balaban J connectivity index is 1.53. The molecule has 3 aromatic rings. The maximum absolute atomic E-state index is 12.9. The van der Waals surface area contributed by atoms with E-state index in [0.717, 1.165) is 30.6 Å². The van der Waals surface area contributed by atoms with Crippen molar-refractivity contribution in [3.8, 4) is 0 Å². The number of oxazole rings is 1. The zero-order valence-electron chi connectivity index (χ0n) is 14.7. The number of aromatic nitrogens is 3. The van der Waals surface area contributed by atoms with Crippen LogP contribution in [0.2, 0.25) is 5.02 Å². The van der Waals surface area contributed by atoms with Crippen molar-refractivity contribution in [1.82, 2.24) is 19.9 Å². The van der Waals surface area contributed by atoms with E-state index in [2.05, 4.69) is 15.0 Å². The molecule has 0 aliphatic carbocycles. The van der Waals surface area contributed by atoms with Gasteiger partial charge in [-0.25, -0.2) is 15.0 Å². The summed E-state index contributed by atoms with van der Waals surface area (Å²) in [5, 5.41) is 0.707. The summed E-state index contributed by atoms with van der Waals surface area (Å²) in [6, 6.07) is 7.49. The lowest BCUT2D eigenvalue weighted by atomic mass is 10.0. The number of carbonyl (C=O) groups is 1. The van der Waals surface area contributed by atoms with Gasteiger partial charge in [0.15, 0.2) is 0 Å². The number of amides is 1. The molecule has 2 aromatic heterocycles. The minimum atomic E-state index is -0.162. The number of hydrogen-bond donors (Lipinski definition) is 0. The van der Waals surface area contributed by atoms with Crippen LogP contribution in [0.15, 0.2) is 53.6 Å². The number of benzene rings is 1. The van der Waals surface area contributed by atoms with E-state index in [1.165, 1.54) is 6.33 Å². The Morgan fingerprint density at radius 3 is 2.70 bits per heavy atom. The number of carbonyl (C=O) groups excluding carboxylic acids is 1. The van der Waals surface area contributed by atoms with Crippen molar-refractivity contribution in [3.63, 3.8) is 0 Å². The first kappa shape index (κ1) is 17.7. The van der Waals surface area contributed by atoms with Crippen molar-refractivity contribution in [2.24, 2.45) is 0 Å². The first-order chi connectivity index (χ1) is 13.2. The van der Waals surface area contributed by atoms with Crippen LogP contribution in [0.3, 0.4) is 0 Å². The smallest absolute Gasteiger partial charge is 0.257 e. The van der Waals surface area contributed by atoms with Gasteiger partial charge in [0.05, 0.1) is 11.8 Å². The lowest BCUT2D eigenvalue weighted by molar-refractivity contribution is 0.0569. The van der Waals surface area contributed by atoms with Crippen LogP contribution in [0.1, 0.15) is 52.9 Å². The first-order valence-electron chi connectivity index (χ1n) is 8.96. The summed E-state index contributed by atoms with van der Waals surface area (Å²) in [5.41, 5.74) is 1.58. The van der Waals surface area contributed by atoms with Crippen LogP contribution in [0.25, 0.3) is 0 Å². The van der Waals surface area contributed by atoms with Crippen molar-refractivity contribution in [2.45, 2.75) is 31.7 Å². The van der Waals surface area contributed by atoms with E-state index in [-0.39, 0.29) is 11.9 Å². The van der Waals surface area contributed by atoms with Crippen LogP contribution < -0.4 is 0 Å². The molecule has 1 amide bonds. The van der Waals surface area contributed by atoms with E-state index in [1.54, 1.807) is 18.6 Å². The van der Waals surface area contributed by atoms with Crippen molar-refractivity contribution in [1.29, 1.82) is 0 Å². The number of piperidine rings is 1. The average molecular weight is 383 g/mol. The third-order valence-corrected chi connectivity index (χ3v) is 4.97. The number of halogens is 1. The number of nitrogens with zero attached hydrogens (tertiary/aromatic N) is 4. The summed E-state index contributed by atoms with van der Waals surface area (Å²) in [6.07, 6.45) is 9.72. The van der Waals surface area contributed by atoms with Gasteiger partial charge in [-0.15, -0.1) is 0 Å². The third kappa shape index (κ3) is 4.01. The topological polar surface area (TPSA) is 72.1 Å². The van der Waals surface area contributed by atoms with Crippen LogP contribution >= 0.6 is 11.6 Å². The van der Waals surface area contributed by atoms with Gasteiger partial charge in [-0.3, -0.25) is 4.79 Å². The van der Waals surface area contributed by atoms with Crippen LogP contribution in [0, 0.1) is 0 Å². The molecule has 138 valence electrons. The predicted molar refractivity (Wildman–Crippen MR) is 100 cm³/mol. The molecule has 0 bridgehead atoms. The van der Waals surface area contributed by atoms with Gasteiger partial charge in [-0.05, 0) is 37.0 Å². The van der Waals surface area contributed by atoms with Crippen molar-refractivity contribution >= 4 is 17.5 Å². The summed E-state index contributed by atoms with van der Waals surface area (Å²) < 4.78 is 6.00. The zero-order valence-corrected chi connectivity index (χ0v) is 15.5. The Kier molecular flexibility index (Phi) is 5.16. The minimum Gasteiger partial charge on any atom is -0.443 e. The molecular formula is C20H19ClN4O2. The predicted octanol–water partition coefficient (Wildman–Crippen LogP) is 4.08. The molecule has 1 fully saturated rings. The molecule has 3 heterocycles. The van der Waals surface area contributed by atoms with E-state index in [9.17, 15) is 4.79 Å². The third-order valence-electron chi connectivity index (χ3n) is 4.72. The molecule has 1 saturated heterocycles. The molecular weight excluding hydrogens is 364 g/mol. The van der Waals surface area contributed by atoms with Gasteiger partial charge < -0.3 is 9.32 Å². The van der Waals surface area contributed by atoms with Crippen LogP contribution in [0.5, 0.6) is 0 Å². The molecule has 1 aliphatic heterocycles. The minimum absolute atomic E-state index is 0.0854. The Morgan fingerprint density at radius 1 is 1.15 bits per heavy atom. The number of hydrogen-bond acceptors (Lipinski definition) is 5. The Bertz CT molecular complexity index is 911. The normalized spacial score (nSPS) is 17.1. The van der Waals surface area contributed by atoms with Crippen LogP contribution in [-0.4, -0.2) is 32.3 Å². The fourth-order valence-electron chi connectivity index (χ4n) is 3.37. The molecule has 0 N–H and O–H groups in total. The van der Waals surface area contributed by atoms with Gasteiger partial charge in [0.2, 0.25) is 5.89 Å². The Hall–Kier alpha value is -2.73. The SMILES string of the molecule is O=C(c1cncnc1)N1CCCCC1c1ncc(Cc2ccc(Cl)cc2)o1. The summed E-state index contributed by atoms with van der Waals surface area (Å²) >= 11 is 5.93. The summed E-state index contributed by atoms with van der Waals surface area (Å²) in [7, 11) is 0. The van der Waals surface area contributed by atoms with Gasteiger partial charge in [-0.2, -0.15) is 0 Å². The van der Waals surface area contributed by atoms with Gasteiger partial charge in [0.25, 0.3) is 5.91 Å². The largest absolute Gasteiger partial charge is 0.443 e. The molecule has 1 atom stereocenters. The van der Waals surface area contributed by atoms with Crippen molar-refractivity contribution in [2.75, 3.05) is 6.54 Å². The van der Waals surface area contributed by atoms with E-state index >= 15 is 0 Å². The fraction of sp³-hybridized carbons (Fsp3) is 0.300. The highest BCUT2D eigenvalue weighted by atomic mass is 35.5. The molecule has 4 rings (SSSR count). The summed E-state index contributed by atoms with van der Waals surface area (Å²) in [5.74, 6) is 1.27. The lowest BCUT2D eigenvalue weighted by Gasteiger charge is -2.33. The van der Waals surface area contributed by atoms with Gasteiger partial charge in [-0.1, -0.05) is 23.7 Å². The van der Waals surface area contributed by atoms with E-state index in [0.29, 0.717) is 29.4 Å². The second-order valence-electron chi connectivity index (χ2n) is 6.61. The molecule has 0 saturated carbocycles. The Labute approximate surface area is 162 Å². The number of likely N-dealkylation sites (tertiary alicyclic amines) is 1. The highest BCUT2D eigenvalue weighted by molar-refractivity contribution is 6.30. The molecule has 0 radical (unpaired) electrons. The van der Waals surface area contributed by atoms with E-state index < -0.39 is 0 Å². The zero-order chi connectivity index (χ0) is 18.6. The average Bonchev–Trinajstić information content (AvgIpc) is 3.18. The second kappa shape index (κ2) is 7.88. The van der Waals surface area contributed by atoms with Crippen molar-refractivity contribution in [3.05, 3.63) is 77.0 Å². The lowest BCUT2D eigenvalue weighted by Crippen LogP contribution is -2.38. The molecule has 27 heavy (non-hydrogen) atoms. The summed E-state index contributed by atoms with van der Waals surface area (Å²) in [4.78, 5) is 27.1.